The van der Waals surface area contributed by atoms with Gasteiger partial charge < -0.3 is 15.2 Å². The SMILES string of the molecule is NS(=O)(=O)OC[C@H]1C[C@@H](Nc2ncncc2C(=O)c2ccc([C@H]3OCCc4c(Cl)cccc43)s2)C[C@@H]1O. The van der Waals surface area contributed by atoms with Gasteiger partial charge in [-0.15, -0.1) is 11.3 Å². The average Bonchev–Trinajstić information content (AvgIpc) is 3.49. The predicted molar refractivity (Wildman–Crippen MR) is 138 cm³/mol. The standard InChI is InChI=1S/C24H25ClN4O6S2/c25-18-3-1-2-16-15(18)6-7-34-23(16)21-5-4-20(36-21)22(31)17-10-27-12-28-24(17)29-14-8-13(19(30)9-14)11-35-37(26,32)33/h1-5,10,12-14,19,23,30H,6-9,11H2,(H2,26,32,33)(H,27,28,29)/t13-,14-,19+,23+/m1/s1. The molecule has 3 aromatic rings. The number of anilines is 1. The van der Waals surface area contributed by atoms with Gasteiger partial charge in [0.1, 0.15) is 18.2 Å². The van der Waals surface area contributed by atoms with Crippen LogP contribution >= 0.6 is 22.9 Å². The first kappa shape index (κ1) is 26.2. The maximum Gasteiger partial charge on any atom is 0.333 e. The van der Waals surface area contributed by atoms with Crippen LogP contribution in [-0.4, -0.2) is 54.6 Å². The molecule has 0 saturated heterocycles. The fourth-order valence-corrected chi connectivity index (χ4v) is 6.49. The molecule has 4 N–H and O–H groups in total. The number of rotatable bonds is 8. The molecule has 2 aliphatic rings. The molecular formula is C24H25ClN4O6S2. The monoisotopic (exact) mass is 564 g/mol. The number of carbonyl (C=O) groups excluding carboxylic acids is 1. The number of thiophene rings is 1. The summed E-state index contributed by atoms with van der Waals surface area (Å²) in [6.45, 7) is 0.322. The van der Waals surface area contributed by atoms with E-state index < -0.39 is 22.3 Å². The number of hydrogen-bond donors (Lipinski definition) is 3. The third-order valence-corrected chi connectivity index (χ3v) is 8.53. The molecule has 1 aliphatic heterocycles. The van der Waals surface area contributed by atoms with Gasteiger partial charge in [0.15, 0.2) is 0 Å². The van der Waals surface area contributed by atoms with Gasteiger partial charge in [0.2, 0.25) is 5.78 Å². The smallest absolute Gasteiger partial charge is 0.333 e. The highest BCUT2D eigenvalue weighted by atomic mass is 35.5. The molecule has 0 radical (unpaired) electrons. The van der Waals surface area contributed by atoms with Gasteiger partial charge in [-0.3, -0.25) is 8.98 Å². The lowest BCUT2D eigenvalue weighted by Gasteiger charge is -2.26. The lowest BCUT2D eigenvalue weighted by molar-refractivity contribution is 0.0722. The van der Waals surface area contributed by atoms with Crippen molar-refractivity contribution in [3.63, 3.8) is 0 Å². The van der Waals surface area contributed by atoms with Crippen molar-refractivity contribution in [2.75, 3.05) is 18.5 Å². The lowest BCUT2D eigenvalue weighted by Crippen LogP contribution is -2.24. The fourth-order valence-electron chi connectivity index (χ4n) is 4.82. The van der Waals surface area contributed by atoms with Gasteiger partial charge in [-0.1, -0.05) is 23.7 Å². The number of fused-ring (bicyclic) bond motifs is 1. The number of nitrogens with one attached hydrogen (secondary N) is 1. The first-order valence-electron chi connectivity index (χ1n) is 11.6. The Bertz CT molecular complexity index is 1420. The number of nitrogens with zero attached hydrogens (tertiary/aromatic N) is 2. The van der Waals surface area contributed by atoms with Gasteiger partial charge in [0.25, 0.3) is 0 Å². The summed E-state index contributed by atoms with van der Waals surface area (Å²) in [6, 6.07) is 9.17. The number of ketones is 1. The van der Waals surface area contributed by atoms with Crippen LogP contribution in [0.3, 0.4) is 0 Å². The number of aliphatic hydroxyl groups is 1. The van der Waals surface area contributed by atoms with Gasteiger partial charge in [0.05, 0.1) is 29.8 Å². The Morgan fingerprint density at radius 3 is 2.95 bits per heavy atom. The molecule has 196 valence electrons. The summed E-state index contributed by atoms with van der Waals surface area (Å²) in [5, 5.41) is 19.1. The summed E-state index contributed by atoms with van der Waals surface area (Å²) in [5.41, 5.74) is 2.37. The average molecular weight is 565 g/mol. The first-order valence-corrected chi connectivity index (χ1v) is 14.3. The number of aliphatic hydroxyl groups excluding tert-OH is 1. The Hall–Kier alpha value is -2.45. The lowest BCUT2D eigenvalue weighted by atomic mass is 9.96. The second-order valence-electron chi connectivity index (χ2n) is 9.04. The van der Waals surface area contributed by atoms with E-state index in [9.17, 15) is 18.3 Å². The molecule has 0 unspecified atom stereocenters. The minimum Gasteiger partial charge on any atom is -0.393 e. The van der Waals surface area contributed by atoms with E-state index in [1.54, 1.807) is 6.07 Å². The fraction of sp³-hybridized carbons (Fsp3) is 0.375. The Balaban J connectivity index is 1.32. The highest BCUT2D eigenvalue weighted by molar-refractivity contribution is 7.84. The van der Waals surface area contributed by atoms with Crippen LogP contribution in [0.4, 0.5) is 5.82 Å². The largest absolute Gasteiger partial charge is 0.393 e. The molecule has 0 bridgehead atoms. The summed E-state index contributed by atoms with van der Waals surface area (Å²) < 4.78 is 32.9. The number of nitrogens with two attached hydrogens (primary N) is 1. The van der Waals surface area contributed by atoms with Crippen molar-refractivity contribution in [3.8, 4) is 0 Å². The Morgan fingerprint density at radius 2 is 2.14 bits per heavy atom. The summed E-state index contributed by atoms with van der Waals surface area (Å²) in [6.07, 6.45) is 3.20. The number of carbonyl (C=O) groups is 1. The van der Waals surface area contributed by atoms with E-state index >= 15 is 0 Å². The second kappa shape index (κ2) is 10.7. The van der Waals surface area contributed by atoms with Crippen LogP contribution in [0.2, 0.25) is 5.02 Å². The Morgan fingerprint density at radius 1 is 1.30 bits per heavy atom. The molecule has 1 aliphatic carbocycles. The second-order valence-corrected chi connectivity index (χ2v) is 11.8. The van der Waals surface area contributed by atoms with Crippen LogP contribution in [-0.2, 0) is 25.6 Å². The molecule has 5 rings (SSSR count). The molecule has 13 heteroatoms. The summed E-state index contributed by atoms with van der Waals surface area (Å²) in [5.74, 6) is -0.330. The molecule has 4 atom stereocenters. The molecule has 2 aromatic heterocycles. The third-order valence-electron chi connectivity index (χ3n) is 6.58. The zero-order chi connectivity index (χ0) is 26.2. The molecule has 37 heavy (non-hydrogen) atoms. The van der Waals surface area contributed by atoms with Crippen molar-refractivity contribution in [2.45, 2.75) is 37.5 Å². The van der Waals surface area contributed by atoms with Crippen molar-refractivity contribution >= 4 is 44.8 Å². The van der Waals surface area contributed by atoms with E-state index in [1.807, 2.05) is 24.3 Å². The maximum absolute atomic E-state index is 13.5. The minimum atomic E-state index is -4.10. The third kappa shape index (κ3) is 5.85. The first-order chi connectivity index (χ1) is 17.7. The molecule has 0 spiro atoms. The van der Waals surface area contributed by atoms with Crippen LogP contribution in [0.25, 0.3) is 0 Å². The van der Waals surface area contributed by atoms with E-state index in [2.05, 4.69) is 19.5 Å². The number of aromatic nitrogens is 2. The van der Waals surface area contributed by atoms with Crippen molar-refractivity contribution in [3.05, 3.63) is 74.3 Å². The van der Waals surface area contributed by atoms with Crippen LogP contribution in [0.5, 0.6) is 0 Å². The zero-order valence-electron chi connectivity index (χ0n) is 19.5. The molecule has 1 aromatic carbocycles. The van der Waals surface area contributed by atoms with Gasteiger partial charge in [0, 0.05) is 28.1 Å². The molecule has 0 amide bonds. The molecular weight excluding hydrogens is 540 g/mol. The van der Waals surface area contributed by atoms with Crippen molar-refractivity contribution in [1.82, 2.24) is 9.97 Å². The Labute approximate surface area is 223 Å². The normalized spacial score (nSPS) is 23.5. The number of benzene rings is 1. The number of hydrogen-bond acceptors (Lipinski definition) is 10. The molecule has 1 fully saturated rings. The van der Waals surface area contributed by atoms with Crippen molar-refractivity contribution in [1.29, 1.82) is 0 Å². The summed E-state index contributed by atoms with van der Waals surface area (Å²) in [7, 11) is -4.10. The van der Waals surface area contributed by atoms with Crippen molar-refractivity contribution in [2.24, 2.45) is 11.1 Å². The summed E-state index contributed by atoms with van der Waals surface area (Å²) in [4.78, 5) is 23.2. The van der Waals surface area contributed by atoms with E-state index in [-0.39, 0.29) is 24.5 Å². The highest BCUT2D eigenvalue weighted by Crippen LogP contribution is 2.39. The van der Waals surface area contributed by atoms with E-state index in [0.717, 1.165) is 22.4 Å². The predicted octanol–water partition coefficient (Wildman–Crippen LogP) is 2.86. The van der Waals surface area contributed by atoms with E-state index in [0.29, 0.717) is 40.7 Å². The van der Waals surface area contributed by atoms with Gasteiger partial charge in [-0.05, 0) is 48.6 Å². The molecule has 1 saturated carbocycles. The molecule has 3 heterocycles. The van der Waals surface area contributed by atoms with E-state index in [4.69, 9.17) is 21.5 Å². The van der Waals surface area contributed by atoms with Crippen LogP contribution in [0.1, 0.15) is 50.2 Å². The minimum absolute atomic E-state index is 0.219. The number of ether oxygens (including phenoxy) is 1. The van der Waals surface area contributed by atoms with Gasteiger partial charge in [-0.2, -0.15) is 8.42 Å². The summed E-state index contributed by atoms with van der Waals surface area (Å²) >= 11 is 7.74. The Kier molecular flexibility index (Phi) is 7.59. The van der Waals surface area contributed by atoms with Crippen LogP contribution in [0.15, 0.2) is 42.9 Å². The topological polar surface area (TPSA) is 154 Å². The van der Waals surface area contributed by atoms with Gasteiger partial charge in [-0.25, -0.2) is 15.1 Å². The van der Waals surface area contributed by atoms with Gasteiger partial charge >= 0.3 is 10.3 Å². The van der Waals surface area contributed by atoms with Crippen molar-refractivity contribution < 1.29 is 27.2 Å². The van der Waals surface area contributed by atoms with E-state index in [1.165, 1.54) is 23.9 Å². The maximum atomic E-state index is 13.5. The molecule has 10 nitrogen and oxygen atoms in total. The highest BCUT2D eigenvalue weighted by Gasteiger charge is 2.35. The van der Waals surface area contributed by atoms with Crippen LogP contribution < -0.4 is 10.5 Å². The van der Waals surface area contributed by atoms with Crippen LogP contribution in [0, 0.1) is 5.92 Å². The number of halogens is 1. The quantitative estimate of drug-likeness (QED) is 0.350. The zero-order valence-corrected chi connectivity index (χ0v) is 21.9.